The van der Waals surface area contributed by atoms with E-state index in [0.29, 0.717) is 43.3 Å². The zero-order chi connectivity index (χ0) is 30.0. The highest BCUT2D eigenvalue weighted by Gasteiger charge is 2.31. The molecule has 1 atom stereocenters. The Morgan fingerprint density at radius 3 is 2.69 bits per heavy atom. The number of unbranched alkanes of at least 4 members (excludes halogenated alkanes) is 1. The predicted molar refractivity (Wildman–Crippen MR) is 160 cm³/mol. The normalized spacial score (nSPS) is 15.5. The zero-order valence-electron chi connectivity index (χ0n) is 24.0. The Balaban J connectivity index is 1.66. The molecule has 1 aliphatic rings. The lowest BCUT2D eigenvalue weighted by Crippen LogP contribution is -2.54. The number of halogens is 2. The van der Waals surface area contributed by atoms with E-state index in [1.807, 2.05) is 32.6 Å². The Labute approximate surface area is 248 Å². The average Bonchev–Trinajstić information content (AvgIpc) is 2.97. The molecule has 42 heavy (non-hydrogen) atoms. The number of carbonyl (C=O) groups excluding carboxylic acids is 1. The van der Waals surface area contributed by atoms with E-state index in [4.69, 9.17) is 21.3 Å². The van der Waals surface area contributed by atoms with Gasteiger partial charge in [-0.05, 0) is 37.5 Å². The Kier molecular flexibility index (Phi) is 8.67. The number of aromatic nitrogens is 5. The van der Waals surface area contributed by atoms with Crippen LogP contribution in [0.4, 0.5) is 15.0 Å². The van der Waals surface area contributed by atoms with Crippen LogP contribution in [0.3, 0.4) is 0 Å². The number of fused-ring (bicyclic) bond motifs is 1. The molecule has 0 N–H and O–H groups in total. The molecule has 0 saturated carbocycles. The molecule has 1 aromatic carbocycles. The second kappa shape index (κ2) is 12.4. The van der Waals surface area contributed by atoms with Gasteiger partial charge in [-0.1, -0.05) is 50.9 Å². The van der Waals surface area contributed by atoms with E-state index >= 15 is 0 Å². The molecule has 1 aliphatic heterocycles. The van der Waals surface area contributed by atoms with Crippen molar-refractivity contribution >= 4 is 34.5 Å². The van der Waals surface area contributed by atoms with Crippen molar-refractivity contribution in [2.24, 2.45) is 0 Å². The standard InChI is InChI=1S/C30H33ClFN7O3/c1-5-6-13-42-30(41)37-11-12-38(19(4)16-37)27-21-14-23(31)25(20-9-7-8-10-24(20)32)35-28(21)39(29(40)36-27)26-22(18(2)3)15-33-17-34-26/h7-10,14-15,17-19H,5-6,11-13,16H2,1-4H3. The summed E-state index contributed by atoms with van der Waals surface area (Å²) in [5.41, 5.74) is 0.767. The van der Waals surface area contributed by atoms with Crippen LogP contribution in [0.5, 0.6) is 0 Å². The second-order valence-electron chi connectivity index (χ2n) is 10.6. The first-order chi connectivity index (χ1) is 20.2. The average molecular weight is 594 g/mol. The maximum absolute atomic E-state index is 14.9. The number of benzene rings is 1. The van der Waals surface area contributed by atoms with E-state index in [-0.39, 0.29) is 40.0 Å². The van der Waals surface area contributed by atoms with Crippen LogP contribution in [-0.4, -0.2) is 67.8 Å². The number of piperazine rings is 1. The molecule has 4 aromatic rings. The Morgan fingerprint density at radius 2 is 1.98 bits per heavy atom. The first-order valence-electron chi connectivity index (χ1n) is 14.1. The lowest BCUT2D eigenvalue weighted by atomic mass is 10.1. The largest absolute Gasteiger partial charge is 0.449 e. The minimum atomic E-state index is -0.596. The lowest BCUT2D eigenvalue weighted by Gasteiger charge is -2.40. The SMILES string of the molecule is CCCCOC(=O)N1CCN(c2nc(=O)n(-c3ncncc3C(C)C)c3nc(-c4ccccc4F)c(Cl)cc23)C(C)C1. The summed E-state index contributed by atoms with van der Waals surface area (Å²) < 4.78 is 21.6. The van der Waals surface area contributed by atoms with Gasteiger partial charge >= 0.3 is 11.8 Å². The first kappa shape index (κ1) is 29.4. The fourth-order valence-corrected chi connectivity index (χ4v) is 5.37. The highest BCUT2D eigenvalue weighted by Crippen LogP contribution is 2.35. The quantitative estimate of drug-likeness (QED) is 0.255. The van der Waals surface area contributed by atoms with Crippen molar-refractivity contribution in [1.82, 2.24) is 29.4 Å². The number of ether oxygens (including phenoxy) is 1. The third-order valence-corrected chi connectivity index (χ3v) is 7.65. The summed E-state index contributed by atoms with van der Waals surface area (Å²) in [6, 6.07) is 7.67. The van der Waals surface area contributed by atoms with Crippen LogP contribution in [0.2, 0.25) is 5.02 Å². The van der Waals surface area contributed by atoms with Gasteiger partial charge in [-0.3, -0.25) is 0 Å². The summed E-state index contributed by atoms with van der Waals surface area (Å²) in [6.07, 6.45) is 4.41. The predicted octanol–water partition coefficient (Wildman–Crippen LogP) is 5.60. The van der Waals surface area contributed by atoms with Crippen LogP contribution in [0, 0.1) is 5.82 Å². The third-order valence-electron chi connectivity index (χ3n) is 7.36. The van der Waals surface area contributed by atoms with Crippen molar-refractivity contribution in [3.05, 3.63) is 69.7 Å². The fraction of sp³-hybridized carbons (Fsp3) is 0.400. The number of pyridine rings is 1. The van der Waals surface area contributed by atoms with Gasteiger partial charge in [0.05, 0.1) is 22.7 Å². The second-order valence-corrected chi connectivity index (χ2v) is 11.0. The highest BCUT2D eigenvalue weighted by atomic mass is 35.5. The summed E-state index contributed by atoms with van der Waals surface area (Å²) in [7, 11) is 0. The summed E-state index contributed by atoms with van der Waals surface area (Å²) in [6.45, 7) is 9.50. The van der Waals surface area contributed by atoms with Crippen molar-refractivity contribution in [2.75, 3.05) is 31.1 Å². The molecule has 0 spiro atoms. The van der Waals surface area contributed by atoms with Crippen molar-refractivity contribution in [3.8, 4) is 17.1 Å². The molecule has 1 fully saturated rings. The molecule has 1 unspecified atom stereocenters. The molecule has 1 amide bonds. The minimum absolute atomic E-state index is 0.00801. The maximum Gasteiger partial charge on any atom is 0.409 e. The molecule has 4 heterocycles. The molecule has 0 bridgehead atoms. The maximum atomic E-state index is 14.9. The molecular formula is C30H33ClFN7O3. The molecule has 220 valence electrons. The van der Waals surface area contributed by atoms with Gasteiger partial charge in [0.15, 0.2) is 5.65 Å². The molecule has 1 saturated heterocycles. The highest BCUT2D eigenvalue weighted by molar-refractivity contribution is 6.33. The summed E-state index contributed by atoms with van der Waals surface area (Å²) in [5, 5.41) is 0.706. The number of hydrogen-bond donors (Lipinski definition) is 0. The molecular weight excluding hydrogens is 561 g/mol. The van der Waals surface area contributed by atoms with Crippen LogP contribution in [0.1, 0.15) is 52.0 Å². The van der Waals surface area contributed by atoms with Gasteiger partial charge in [0.2, 0.25) is 0 Å². The summed E-state index contributed by atoms with van der Waals surface area (Å²) in [5.74, 6) is 0.227. The van der Waals surface area contributed by atoms with E-state index in [9.17, 15) is 14.0 Å². The Hall–Kier alpha value is -4.12. The Bertz CT molecular complexity index is 1680. The molecule has 0 aliphatic carbocycles. The first-order valence-corrected chi connectivity index (χ1v) is 14.5. The van der Waals surface area contributed by atoms with Crippen LogP contribution in [-0.2, 0) is 4.74 Å². The van der Waals surface area contributed by atoms with Crippen LogP contribution >= 0.6 is 11.6 Å². The number of anilines is 1. The fourth-order valence-electron chi connectivity index (χ4n) is 5.12. The van der Waals surface area contributed by atoms with Crippen LogP contribution in [0.25, 0.3) is 28.1 Å². The van der Waals surface area contributed by atoms with E-state index in [0.717, 1.165) is 18.4 Å². The van der Waals surface area contributed by atoms with E-state index in [1.54, 1.807) is 35.4 Å². The van der Waals surface area contributed by atoms with Gasteiger partial charge in [-0.25, -0.2) is 33.5 Å². The number of amides is 1. The van der Waals surface area contributed by atoms with E-state index < -0.39 is 11.5 Å². The van der Waals surface area contributed by atoms with Gasteiger partial charge in [0.1, 0.15) is 23.8 Å². The van der Waals surface area contributed by atoms with Crippen molar-refractivity contribution in [2.45, 2.75) is 52.5 Å². The van der Waals surface area contributed by atoms with Gasteiger partial charge < -0.3 is 14.5 Å². The molecule has 5 rings (SSSR count). The molecule has 10 nitrogen and oxygen atoms in total. The summed E-state index contributed by atoms with van der Waals surface area (Å²) >= 11 is 6.74. The smallest absolute Gasteiger partial charge is 0.409 e. The van der Waals surface area contributed by atoms with Crippen molar-refractivity contribution in [1.29, 1.82) is 0 Å². The molecule has 12 heteroatoms. The van der Waals surface area contributed by atoms with Gasteiger partial charge in [-0.15, -0.1) is 0 Å². The van der Waals surface area contributed by atoms with Gasteiger partial charge in [-0.2, -0.15) is 4.98 Å². The van der Waals surface area contributed by atoms with E-state index in [1.165, 1.54) is 17.0 Å². The van der Waals surface area contributed by atoms with Crippen molar-refractivity contribution in [3.63, 3.8) is 0 Å². The van der Waals surface area contributed by atoms with Gasteiger partial charge in [0, 0.05) is 43.0 Å². The van der Waals surface area contributed by atoms with Crippen LogP contribution in [0.15, 0.2) is 47.7 Å². The van der Waals surface area contributed by atoms with E-state index in [2.05, 4.69) is 15.0 Å². The number of rotatable bonds is 7. The minimum Gasteiger partial charge on any atom is -0.449 e. The lowest BCUT2D eigenvalue weighted by molar-refractivity contribution is 0.0944. The number of nitrogens with zero attached hydrogens (tertiary/aromatic N) is 7. The van der Waals surface area contributed by atoms with Crippen LogP contribution < -0.4 is 10.6 Å². The molecule has 3 aromatic heterocycles. The Morgan fingerprint density at radius 1 is 1.19 bits per heavy atom. The zero-order valence-corrected chi connectivity index (χ0v) is 24.8. The van der Waals surface area contributed by atoms with Gasteiger partial charge in [0.25, 0.3) is 0 Å². The number of hydrogen-bond acceptors (Lipinski definition) is 8. The molecule has 0 radical (unpaired) electrons. The topological polar surface area (TPSA) is 106 Å². The summed E-state index contributed by atoms with van der Waals surface area (Å²) in [4.78, 5) is 47.9. The number of carbonyl (C=O) groups is 1. The third kappa shape index (κ3) is 5.65. The van der Waals surface area contributed by atoms with Crippen molar-refractivity contribution < 1.29 is 13.9 Å². The monoisotopic (exact) mass is 593 g/mol.